The molecule has 0 fully saturated rings. The van der Waals surface area contributed by atoms with Crippen molar-refractivity contribution >= 4 is 17.1 Å². The zero-order valence-electron chi connectivity index (χ0n) is 22.1. The van der Waals surface area contributed by atoms with Gasteiger partial charge in [-0.25, -0.2) is 0 Å². The van der Waals surface area contributed by atoms with Crippen LogP contribution < -0.4 is 14.7 Å². The number of hydrogen-bond acceptors (Lipinski definition) is 3. The van der Waals surface area contributed by atoms with Crippen LogP contribution in [0.3, 0.4) is 0 Å². The molecule has 0 aliphatic heterocycles. The van der Waals surface area contributed by atoms with Gasteiger partial charge in [0, 0.05) is 62.2 Å². The van der Waals surface area contributed by atoms with Crippen molar-refractivity contribution in [3.05, 3.63) is 89.5 Å². The minimum absolute atomic E-state index is 0.210. The van der Waals surface area contributed by atoms with Crippen molar-refractivity contribution in [2.75, 3.05) is 54.0 Å². The third kappa shape index (κ3) is 5.75. The van der Waals surface area contributed by atoms with E-state index in [1.807, 2.05) is 0 Å². The first-order chi connectivity index (χ1) is 16.6. The summed E-state index contributed by atoms with van der Waals surface area (Å²) in [5, 5.41) is 0. The molecule has 0 atom stereocenters. The summed E-state index contributed by atoms with van der Waals surface area (Å²) in [5.41, 5.74) is 7.88. The Balaban J connectivity index is 2.01. The van der Waals surface area contributed by atoms with E-state index in [9.17, 15) is 0 Å². The summed E-state index contributed by atoms with van der Waals surface area (Å²) >= 11 is 0. The zero-order valence-corrected chi connectivity index (χ0v) is 22.1. The number of anilines is 3. The smallest absolute Gasteiger partial charge is 0.0366 e. The van der Waals surface area contributed by atoms with Gasteiger partial charge < -0.3 is 14.7 Å². The molecule has 182 valence electrons. The molecular formula is C31H43N3. The van der Waals surface area contributed by atoms with Gasteiger partial charge in [-0.3, -0.25) is 0 Å². The zero-order chi connectivity index (χ0) is 24.5. The van der Waals surface area contributed by atoms with E-state index in [0.29, 0.717) is 0 Å². The summed E-state index contributed by atoms with van der Waals surface area (Å²) in [6.07, 6.45) is 0. The molecule has 0 unspecified atom stereocenters. The molecule has 3 rings (SSSR count). The van der Waals surface area contributed by atoms with Crippen LogP contribution in [0.15, 0.2) is 72.8 Å². The molecular weight excluding hydrogens is 414 g/mol. The fraction of sp³-hybridized carbons (Fsp3) is 0.419. The lowest BCUT2D eigenvalue weighted by Gasteiger charge is -2.25. The van der Waals surface area contributed by atoms with Crippen LogP contribution in [0.4, 0.5) is 17.1 Å². The Labute approximate surface area is 208 Å². The van der Waals surface area contributed by atoms with E-state index in [1.165, 1.54) is 33.8 Å². The van der Waals surface area contributed by atoms with Gasteiger partial charge in [0.1, 0.15) is 0 Å². The lowest BCUT2D eigenvalue weighted by molar-refractivity contribution is 0.861. The highest BCUT2D eigenvalue weighted by Gasteiger charge is 2.18. The van der Waals surface area contributed by atoms with Crippen LogP contribution in [0.1, 0.15) is 64.2 Å². The fourth-order valence-electron chi connectivity index (χ4n) is 4.98. The van der Waals surface area contributed by atoms with Crippen LogP contribution in [0.5, 0.6) is 0 Å². The van der Waals surface area contributed by atoms with Gasteiger partial charge in [0.15, 0.2) is 0 Å². The molecule has 0 spiro atoms. The van der Waals surface area contributed by atoms with E-state index in [-0.39, 0.29) is 5.92 Å². The third-order valence-corrected chi connectivity index (χ3v) is 7.07. The monoisotopic (exact) mass is 457 g/mol. The lowest BCUT2D eigenvalue weighted by atomic mass is 9.85. The van der Waals surface area contributed by atoms with Crippen LogP contribution in [0.2, 0.25) is 0 Å². The molecule has 3 aromatic rings. The van der Waals surface area contributed by atoms with E-state index in [2.05, 4.69) is 129 Å². The maximum Gasteiger partial charge on any atom is 0.0366 e. The average Bonchev–Trinajstić information content (AvgIpc) is 2.89. The van der Waals surface area contributed by atoms with Gasteiger partial charge >= 0.3 is 0 Å². The van der Waals surface area contributed by atoms with Crippen molar-refractivity contribution in [3.63, 3.8) is 0 Å². The Hall–Kier alpha value is -2.94. The van der Waals surface area contributed by atoms with Gasteiger partial charge in [-0.05, 0) is 94.6 Å². The summed E-state index contributed by atoms with van der Waals surface area (Å²) in [7, 11) is 0. The maximum absolute atomic E-state index is 2.40. The fourth-order valence-corrected chi connectivity index (χ4v) is 4.98. The highest BCUT2D eigenvalue weighted by molar-refractivity contribution is 5.56. The molecule has 3 nitrogen and oxygen atoms in total. The minimum atomic E-state index is 0.210. The van der Waals surface area contributed by atoms with E-state index < -0.39 is 0 Å². The molecule has 0 saturated carbocycles. The van der Waals surface area contributed by atoms with E-state index >= 15 is 0 Å². The SMILES string of the molecule is CCN(CC)c1ccc(C(c2ccc(N(CC)CC)cc2)c2ccc(N(CC)CC)cc2)cc1. The minimum Gasteiger partial charge on any atom is -0.372 e. The third-order valence-electron chi connectivity index (χ3n) is 7.07. The van der Waals surface area contributed by atoms with Crippen molar-refractivity contribution in [2.45, 2.75) is 47.5 Å². The van der Waals surface area contributed by atoms with E-state index in [1.54, 1.807) is 0 Å². The number of benzene rings is 3. The molecule has 0 aliphatic rings. The van der Waals surface area contributed by atoms with Crippen molar-refractivity contribution in [1.82, 2.24) is 0 Å². The molecule has 34 heavy (non-hydrogen) atoms. The van der Waals surface area contributed by atoms with Crippen molar-refractivity contribution in [1.29, 1.82) is 0 Å². The predicted molar refractivity (Wildman–Crippen MR) is 151 cm³/mol. The highest BCUT2D eigenvalue weighted by Crippen LogP contribution is 2.35. The molecule has 0 bridgehead atoms. The van der Waals surface area contributed by atoms with Crippen molar-refractivity contribution in [2.24, 2.45) is 0 Å². The second-order valence-corrected chi connectivity index (χ2v) is 8.72. The molecule has 0 aliphatic carbocycles. The van der Waals surface area contributed by atoms with Crippen LogP contribution >= 0.6 is 0 Å². The molecule has 0 N–H and O–H groups in total. The normalized spacial score (nSPS) is 11.0. The summed E-state index contributed by atoms with van der Waals surface area (Å²) < 4.78 is 0. The van der Waals surface area contributed by atoms with Gasteiger partial charge in [0.05, 0.1) is 0 Å². The first-order valence-corrected chi connectivity index (χ1v) is 13.1. The van der Waals surface area contributed by atoms with Crippen LogP contribution in [-0.2, 0) is 0 Å². The number of hydrogen-bond donors (Lipinski definition) is 0. The molecule has 0 aromatic heterocycles. The largest absolute Gasteiger partial charge is 0.372 e. The Bertz CT molecular complexity index is 833. The van der Waals surface area contributed by atoms with Crippen LogP contribution in [0.25, 0.3) is 0 Å². The van der Waals surface area contributed by atoms with Crippen LogP contribution in [-0.4, -0.2) is 39.3 Å². The maximum atomic E-state index is 2.40. The second-order valence-electron chi connectivity index (χ2n) is 8.72. The van der Waals surface area contributed by atoms with Gasteiger partial charge in [-0.15, -0.1) is 0 Å². The number of rotatable bonds is 12. The Kier molecular flexibility index (Phi) is 9.44. The second kappa shape index (κ2) is 12.5. The first-order valence-electron chi connectivity index (χ1n) is 13.1. The molecule has 3 heteroatoms. The summed E-state index contributed by atoms with van der Waals surface area (Å²) in [4.78, 5) is 7.20. The quantitative estimate of drug-likeness (QED) is 0.262. The summed E-state index contributed by atoms with van der Waals surface area (Å²) in [5.74, 6) is 0.210. The summed E-state index contributed by atoms with van der Waals surface area (Å²) in [6.45, 7) is 19.5. The van der Waals surface area contributed by atoms with Crippen LogP contribution in [0, 0.1) is 0 Å². The standard InChI is InChI=1S/C31H43N3/c1-7-32(8-2)28-19-13-25(14-20-28)31(26-15-21-29(22-16-26)33(9-3)10-4)27-17-23-30(24-18-27)34(11-5)12-6/h13-24,31H,7-12H2,1-6H3. The van der Waals surface area contributed by atoms with Gasteiger partial charge in [0.25, 0.3) is 0 Å². The molecule has 0 radical (unpaired) electrons. The predicted octanol–water partition coefficient (Wildman–Crippen LogP) is 7.41. The Morgan fingerprint density at radius 2 is 0.588 bits per heavy atom. The first kappa shape index (κ1) is 25.7. The number of nitrogens with zero attached hydrogens (tertiary/aromatic N) is 3. The summed E-state index contributed by atoms with van der Waals surface area (Å²) in [6, 6.07) is 27.6. The molecule has 3 aromatic carbocycles. The Morgan fingerprint density at radius 3 is 0.765 bits per heavy atom. The molecule has 0 saturated heterocycles. The van der Waals surface area contributed by atoms with Gasteiger partial charge in [0.2, 0.25) is 0 Å². The topological polar surface area (TPSA) is 9.72 Å². The van der Waals surface area contributed by atoms with Gasteiger partial charge in [-0.2, -0.15) is 0 Å². The molecule has 0 amide bonds. The van der Waals surface area contributed by atoms with Crippen molar-refractivity contribution < 1.29 is 0 Å². The average molecular weight is 458 g/mol. The van der Waals surface area contributed by atoms with E-state index in [0.717, 1.165) is 39.3 Å². The van der Waals surface area contributed by atoms with Crippen molar-refractivity contribution in [3.8, 4) is 0 Å². The Morgan fingerprint density at radius 1 is 0.382 bits per heavy atom. The van der Waals surface area contributed by atoms with Gasteiger partial charge in [-0.1, -0.05) is 36.4 Å². The highest BCUT2D eigenvalue weighted by atomic mass is 15.1. The van der Waals surface area contributed by atoms with E-state index in [4.69, 9.17) is 0 Å². The molecule has 0 heterocycles. The lowest BCUT2D eigenvalue weighted by Crippen LogP contribution is -2.22.